The summed E-state index contributed by atoms with van der Waals surface area (Å²) in [5, 5.41) is 7.40. The first kappa shape index (κ1) is 29.6. The average Bonchev–Trinajstić information content (AvgIpc) is 3.35. The fourth-order valence-electron chi connectivity index (χ4n) is 5.65. The second-order valence-corrected chi connectivity index (χ2v) is 12.9. The Hall–Kier alpha value is -2.84. The first-order valence-electron chi connectivity index (χ1n) is 13.5. The van der Waals surface area contributed by atoms with Crippen LogP contribution in [0.4, 0.5) is 13.2 Å². The Bertz CT molecular complexity index is 1560. The van der Waals surface area contributed by atoms with Crippen molar-refractivity contribution in [3.05, 3.63) is 59.8 Å². The molecule has 2 saturated heterocycles. The number of carbonyl (C=O) groups is 1. The van der Waals surface area contributed by atoms with E-state index < -0.39 is 15.5 Å². The zero-order valence-corrected chi connectivity index (χ0v) is 23.9. The van der Waals surface area contributed by atoms with Crippen molar-refractivity contribution < 1.29 is 26.4 Å². The van der Waals surface area contributed by atoms with E-state index in [-0.39, 0.29) is 48.8 Å². The van der Waals surface area contributed by atoms with Crippen molar-refractivity contribution in [1.29, 1.82) is 0 Å². The van der Waals surface area contributed by atoms with Crippen molar-refractivity contribution in [3.8, 4) is 11.1 Å². The van der Waals surface area contributed by atoms with Gasteiger partial charge in [0.1, 0.15) is 4.99 Å². The third-order valence-corrected chi connectivity index (χ3v) is 9.76. The van der Waals surface area contributed by atoms with Crippen molar-refractivity contribution in [3.63, 3.8) is 0 Å². The van der Waals surface area contributed by atoms with E-state index in [0.29, 0.717) is 29.3 Å². The molecule has 13 heteroatoms. The molecule has 4 N–H and O–H groups in total. The number of alkyl halides is 3. The van der Waals surface area contributed by atoms with Gasteiger partial charge in [0.15, 0.2) is 5.78 Å². The monoisotopic (exact) mass is 607 g/mol. The van der Waals surface area contributed by atoms with E-state index in [0.717, 1.165) is 40.7 Å². The molecule has 0 bridgehead atoms. The van der Waals surface area contributed by atoms with Gasteiger partial charge in [0.25, 0.3) is 0 Å². The molecule has 1 aromatic heterocycles. The molecule has 0 aliphatic carbocycles. The van der Waals surface area contributed by atoms with Crippen molar-refractivity contribution in [2.24, 2.45) is 5.73 Å². The number of rotatable bonds is 8. The largest absolute Gasteiger partial charge is 0.511 e. The van der Waals surface area contributed by atoms with Gasteiger partial charge in [-0.25, -0.2) is 8.42 Å². The van der Waals surface area contributed by atoms with Gasteiger partial charge in [-0.1, -0.05) is 42.5 Å². The number of aromatic nitrogens is 1. The highest BCUT2D eigenvalue weighted by Gasteiger charge is 2.50. The number of thiocarbonyl (C=S) groups is 1. The van der Waals surface area contributed by atoms with Crippen molar-refractivity contribution in [2.75, 3.05) is 32.7 Å². The minimum atomic E-state index is -5.37. The predicted octanol–water partition coefficient (Wildman–Crippen LogP) is 3.49. The summed E-state index contributed by atoms with van der Waals surface area (Å²) in [4.78, 5) is 13.0. The molecule has 2 aromatic carbocycles. The fraction of sp³-hybridized carbons (Fsp3) is 0.429. The lowest BCUT2D eigenvalue weighted by atomic mass is 9.99. The summed E-state index contributed by atoms with van der Waals surface area (Å²) in [6.45, 7) is 1.74. The first-order chi connectivity index (χ1) is 19.5. The van der Waals surface area contributed by atoms with Crippen molar-refractivity contribution in [2.45, 2.75) is 43.3 Å². The van der Waals surface area contributed by atoms with Crippen LogP contribution in [0.15, 0.2) is 48.7 Å². The van der Waals surface area contributed by atoms with Crippen LogP contribution in [-0.2, 0) is 21.2 Å². The number of piperidine rings is 1. The second-order valence-electron chi connectivity index (χ2n) is 10.5. The average molecular weight is 608 g/mol. The Labute approximate surface area is 242 Å². The molecule has 0 spiro atoms. The van der Waals surface area contributed by atoms with Gasteiger partial charge in [-0.3, -0.25) is 4.79 Å². The fourth-order valence-corrected chi connectivity index (χ4v) is 6.77. The number of halogens is 3. The smallest absolute Gasteiger partial charge is 0.389 e. The third-order valence-electron chi connectivity index (χ3n) is 7.90. The number of nitrogens with one attached hydrogen (secondary N) is 2. The van der Waals surface area contributed by atoms with Gasteiger partial charge in [0, 0.05) is 73.4 Å². The minimum Gasteiger partial charge on any atom is -0.389 e. The molecule has 0 radical (unpaired) electrons. The van der Waals surface area contributed by atoms with Gasteiger partial charge in [-0.15, -0.1) is 0 Å². The number of nitrogens with zero attached hydrogens (tertiary/aromatic N) is 2. The minimum absolute atomic E-state index is 0.140. The summed E-state index contributed by atoms with van der Waals surface area (Å²) in [7, 11) is -5.37. The second kappa shape index (κ2) is 11.8. The number of Topliss-reactive ketones (excluding diaryl/α,β-unsaturated/α-hetero) is 1. The highest BCUT2D eigenvalue weighted by atomic mass is 32.2. The zero-order chi connectivity index (χ0) is 29.4. The van der Waals surface area contributed by atoms with Crippen LogP contribution >= 0.6 is 12.2 Å². The van der Waals surface area contributed by atoms with Crippen LogP contribution in [0, 0.1) is 0 Å². The lowest BCUT2D eigenvalue weighted by Gasteiger charge is -2.32. The molecule has 3 aromatic rings. The highest BCUT2D eigenvalue weighted by Crippen LogP contribution is 2.38. The number of piperazine rings is 1. The Morgan fingerprint density at radius 2 is 1.85 bits per heavy atom. The molecular weight excluding hydrogens is 575 g/mol. The number of aryl methyl sites for hydroxylation is 1. The van der Waals surface area contributed by atoms with Gasteiger partial charge in [-0.2, -0.15) is 17.5 Å². The number of ketones is 1. The van der Waals surface area contributed by atoms with E-state index in [4.69, 9.17) is 18.0 Å². The quantitative estimate of drug-likeness (QED) is 0.337. The van der Waals surface area contributed by atoms with Gasteiger partial charge in [0.05, 0.1) is 6.04 Å². The summed E-state index contributed by atoms with van der Waals surface area (Å²) < 4.78 is 65.9. The normalized spacial score (nSPS) is 19.4. The number of carbonyl (C=O) groups excluding carboxylic acids is 1. The zero-order valence-electron chi connectivity index (χ0n) is 22.3. The highest BCUT2D eigenvalue weighted by molar-refractivity contribution is 7.90. The Balaban J connectivity index is 1.46. The standard InChI is InChI=1S/C28H32F3N5O3S2/c29-28(30,31)41(38,39)35-12-8-21(9-13-35)36-17-23(19-2-1-3-20(15-19)27(32)40)22-6-4-18(14-25(22)36)5-7-26(37)24-16-33-10-11-34-24/h1-4,6,14-15,17,21,24,33-34H,5,7-13,16H2,(H2,32,40). The molecule has 41 heavy (non-hydrogen) atoms. The van der Waals surface area contributed by atoms with Gasteiger partial charge in [-0.05, 0) is 42.5 Å². The van der Waals surface area contributed by atoms with Crippen LogP contribution < -0.4 is 16.4 Å². The number of hydrogen-bond donors (Lipinski definition) is 3. The number of benzene rings is 2. The van der Waals surface area contributed by atoms with Gasteiger partial charge >= 0.3 is 15.5 Å². The van der Waals surface area contributed by atoms with Crippen LogP contribution in [0.1, 0.15) is 36.4 Å². The third kappa shape index (κ3) is 6.19. The molecule has 0 amide bonds. The molecule has 1 atom stereocenters. The predicted molar refractivity (Wildman–Crippen MR) is 156 cm³/mol. The summed E-state index contributed by atoms with van der Waals surface area (Å²) >= 11 is 5.16. The molecule has 220 valence electrons. The summed E-state index contributed by atoms with van der Waals surface area (Å²) in [6, 6.07) is 13.1. The van der Waals surface area contributed by atoms with Crippen LogP contribution in [0.25, 0.3) is 22.0 Å². The molecule has 2 aliphatic rings. The molecule has 2 fully saturated rings. The van der Waals surface area contributed by atoms with Crippen LogP contribution in [-0.4, -0.2) is 72.3 Å². The number of nitrogens with two attached hydrogens (primary N) is 1. The topological polar surface area (TPSA) is 109 Å². The number of sulfonamides is 1. The van der Waals surface area contributed by atoms with Crippen molar-refractivity contribution in [1.82, 2.24) is 19.5 Å². The van der Waals surface area contributed by atoms with Gasteiger partial charge < -0.3 is 20.9 Å². The summed E-state index contributed by atoms with van der Waals surface area (Å²) in [6.07, 6.45) is 3.35. The van der Waals surface area contributed by atoms with Crippen LogP contribution in [0.5, 0.6) is 0 Å². The van der Waals surface area contributed by atoms with Crippen molar-refractivity contribution >= 4 is 43.9 Å². The van der Waals surface area contributed by atoms with Gasteiger partial charge in [0.2, 0.25) is 0 Å². The summed E-state index contributed by atoms with van der Waals surface area (Å²) in [5.41, 5.74) is 4.89. The maximum absolute atomic E-state index is 13.1. The molecule has 1 unspecified atom stereocenters. The Morgan fingerprint density at radius 1 is 1.10 bits per heavy atom. The molecule has 8 nitrogen and oxygen atoms in total. The van der Waals surface area contributed by atoms with E-state index in [1.807, 2.05) is 53.2 Å². The molecule has 3 heterocycles. The van der Waals surface area contributed by atoms with Crippen LogP contribution in [0.3, 0.4) is 0 Å². The Morgan fingerprint density at radius 3 is 2.51 bits per heavy atom. The SMILES string of the molecule is NC(=S)c1cccc(-c2cn(C3CCN(S(=O)(=O)C(F)(F)F)CC3)c3cc(CCC(=O)C4CNCCN4)ccc23)c1. The maximum Gasteiger partial charge on any atom is 0.511 e. The molecular formula is C28H32F3N5O3S2. The van der Waals surface area contributed by atoms with Crippen LogP contribution in [0.2, 0.25) is 0 Å². The van der Waals surface area contributed by atoms with E-state index in [2.05, 4.69) is 10.6 Å². The molecule has 5 rings (SSSR count). The van der Waals surface area contributed by atoms with E-state index in [1.165, 1.54) is 0 Å². The maximum atomic E-state index is 13.1. The summed E-state index contributed by atoms with van der Waals surface area (Å²) in [5.74, 6) is 0.140. The van der Waals surface area contributed by atoms with E-state index in [9.17, 15) is 26.4 Å². The lowest BCUT2D eigenvalue weighted by molar-refractivity contribution is -0.121. The molecule has 2 aliphatic heterocycles. The number of fused-ring (bicyclic) bond motifs is 1. The van der Waals surface area contributed by atoms with E-state index in [1.54, 1.807) is 0 Å². The first-order valence-corrected chi connectivity index (χ1v) is 15.4. The van der Waals surface area contributed by atoms with E-state index >= 15 is 0 Å². The lowest BCUT2D eigenvalue weighted by Crippen LogP contribution is -2.52. The molecule has 0 saturated carbocycles. The Kier molecular flexibility index (Phi) is 8.53. The number of hydrogen-bond acceptors (Lipinski definition) is 6.